The summed E-state index contributed by atoms with van der Waals surface area (Å²) in [7, 11) is 0. The summed E-state index contributed by atoms with van der Waals surface area (Å²) in [4.78, 5) is 6.42. The van der Waals surface area contributed by atoms with Gasteiger partial charge in [0, 0.05) is 17.5 Å². The average Bonchev–Trinajstić information content (AvgIpc) is 3.02. The van der Waals surface area contributed by atoms with Gasteiger partial charge in [0.25, 0.3) is 0 Å². The second-order valence-electron chi connectivity index (χ2n) is 6.92. The fourth-order valence-electron chi connectivity index (χ4n) is 3.35. The van der Waals surface area contributed by atoms with Gasteiger partial charge in [0.1, 0.15) is 11.1 Å². The van der Waals surface area contributed by atoms with Crippen LogP contribution >= 0.6 is 11.3 Å². The van der Waals surface area contributed by atoms with Crippen LogP contribution in [-0.2, 0) is 11.2 Å². The second kappa shape index (κ2) is 5.74. The minimum absolute atomic E-state index is 0.264. The predicted octanol–water partition coefficient (Wildman–Crippen LogP) is 4.01. The molecule has 0 saturated carbocycles. The lowest BCUT2D eigenvalue weighted by atomic mass is 9.76. The van der Waals surface area contributed by atoms with Crippen LogP contribution in [0.15, 0.2) is 0 Å². The number of hydrogen-bond acceptors (Lipinski definition) is 4. The summed E-state index contributed by atoms with van der Waals surface area (Å²) >= 11 is 1.89. The van der Waals surface area contributed by atoms with E-state index in [1.54, 1.807) is 0 Å². The highest BCUT2D eigenvalue weighted by Gasteiger charge is 2.36. The standard InChI is InChI=1S/C16H26N2OS/c1-4-7-17-11-9-16(2,3)10-12-14(11)20-15(18-12)13-6-5-8-19-13/h11,13,17H,4-10H2,1-3H3. The maximum absolute atomic E-state index is 5.81. The van der Waals surface area contributed by atoms with Gasteiger partial charge < -0.3 is 10.1 Å². The first-order valence-electron chi connectivity index (χ1n) is 7.93. The van der Waals surface area contributed by atoms with Gasteiger partial charge in [-0.05, 0) is 44.1 Å². The fourth-order valence-corrected chi connectivity index (χ4v) is 4.59. The number of ether oxygens (including phenoxy) is 1. The van der Waals surface area contributed by atoms with Crippen LogP contribution in [0.25, 0.3) is 0 Å². The van der Waals surface area contributed by atoms with Crippen LogP contribution in [-0.4, -0.2) is 18.1 Å². The molecule has 20 heavy (non-hydrogen) atoms. The molecule has 1 aliphatic heterocycles. The maximum atomic E-state index is 5.81. The van der Waals surface area contributed by atoms with E-state index < -0.39 is 0 Å². The van der Waals surface area contributed by atoms with Gasteiger partial charge in [-0.3, -0.25) is 0 Å². The molecule has 1 aliphatic carbocycles. The van der Waals surface area contributed by atoms with Crippen molar-refractivity contribution >= 4 is 11.3 Å². The van der Waals surface area contributed by atoms with Gasteiger partial charge >= 0.3 is 0 Å². The summed E-state index contributed by atoms with van der Waals surface area (Å²) in [5.41, 5.74) is 1.67. The number of thiazole rings is 1. The molecule has 3 rings (SSSR count). The first kappa shape index (κ1) is 14.5. The van der Waals surface area contributed by atoms with E-state index in [2.05, 4.69) is 26.1 Å². The Morgan fingerprint density at radius 3 is 3.00 bits per heavy atom. The molecule has 2 heterocycles. The minimum atomic E-state index is 0.264. The molecule has 1 N–H and O–H groups in total. The molecule has 0 bridgehead atoms. The van der Waals surface area contributed by atoms with Gasteiger partial charge in [0.2, 0.25) is 0 Å². The van der Waals surface area contributed by atoms with Gasteiger partial charge in [-0.1, -0.05) is 20.8 Å². The fraction of sp³-hybridized carbons (Fsp3) is 0.812. The number of aromatic nitrogens is 1. The Morgan fingerprint density at radius 1 is 1.45 bits per heavy atom. The third-order valence-electron chi connectivity index (χ3n) is 4.31. The van der Waals surface area contributed by atoms with Crippen molar-refractivity contribution in [2.45, 2.75) is 65.0 Å². The maximum Gasteiger partial charge on any atom is 0.122 e. The van der Waals surface area contributed by atoms with E-state index in [9.17, 15) is 0 Å². The summed E-state index contributed by atoms with van der Waals surface area (Å²) in [6.45, 7) is 8.95. The third kappa shape index (κ3) is 2.92. The molecule has 1 fully saturated rings. The number of nitrogens with one attached hydrogen (secondary N) is 1. The molecule has 2 unspecified atom stereocenters. The van der Waals surface area contributed by atoms with Crippen molar-refractivity contribution in [3.63, 3.8) is 0 Å². The Labute approximate surface area is 126 Å². The van der Waals surface area contributed by atoms with Crippen molar-refractivity contribution in [2.75, 3.05) is 13.2 Å². The Bertz CT molecular complexity index is 463. The largest absolute Gasteiger partial charge is 0.371 e. The van der Waals surface area contributed by atoms with E-state index in [1.165, 1.54) is 34.8 Å². The van der Waals surface area contributed by atoms with Crippen molar-refractivity contribution < 1.29 is 4.74 Å². The Hall–Kier alpha value is -0.450. The van der Waals surface area contributed by atoms with Gasteiger partial charge in [-0.2, -0.15) is 0 Å². The smallest absolute Gasteiger partial charge is 0.122 e. The SMILES string of the molecule is CCCNC1CC(C)(C)Cc2nc(C3CCCO3)sc21. The van der Waals surface area contributed by atoms with Gasteiger partial charge in [-0.15, -0.1) is 11.3 Å². The minimum Gasteiger partial charge on any atom is -0.371 e. The first-order valence-corrected chi connectivity index (χ1v) is 8.75. The van der Waals surface area contributed by atoms with Crippen molar-refractivity contribution in [3.05, 3.63) is 15.6 Å². The van der Waals surface area contributed by atoms with Crippen LogP contribution in [0.5, 0.6) is 0 Å². The molecule has 3 nitrogen and oxygen atoms in total. The van der Waals surface area contributed by atoms with Crippen molar-refractivity contribution in [2.24, 2.45) is 5.41 Å². The van der Waals surface area contributed by atoms with Gasteiger partial charge in [0.05, 0.1) is 5.69 Å². The zero-order valence-corrected chi connectivity index (χ0v) is 13.7. The normalized spacial score (nSPS) is 28.6. The molecule has 1 aromatic heterocycles. The monoisotopic (exact) mass is 294 g/mol. The highest BCUT2D eigenvalue weighted by molar-refractivity contribution is 7.11. The molecule has 0 aromatic carbocycles. The lowest BCUT2D eigenvalue weighted by Gasteiger charge is -2.34. The van der Waals surface area contributed by atoms with E-state index in [-0.39, 0.29) is 6.10 Å². The van der Waals surface area contributed by atoms with E-state index in [1.807, 2.05) is 11.3 Å². The van der Waals surface area contributed by atoms with Crippen molar-refractivity contribution in [3.8, 4) is 0 Å². The summed E-state index contributed by atoms with van der Waals surface area (Å²) in [5.74, 6) is 0. The number of fused-ring (bicyclic) bond motifs is 1. The van der Waals surface area contributed by atoms with Crippen LogP contribution in [0.2, 0.25) is 0 Å². The Morgan fingerprint density at radius 2 is 2.30 bits per heavy atom. The van der Waals surface area contributed by atoms with Crippen LogP contribution in [0.1, 0.15) is 74.2 Å². The molecule has 0 radical (unpaired) electrons. The van der Waals surface area contributed by atoms with Crippen LogP contribution in [0.3, 0.4) is 0 Å². The zero-order valence-electron chi connectivity index (χ0n) is 12.9. The Kier molecular flexibility index (Phi) is 4.16. The van der Waals surface area contributed by atoms with E-state index in [0.717, 1.165) is 26.0 Å². The molecule has 1 saturated heterocycles. The molecule has 2 aliphatic rings. The van der Waals surface area contributed by atoms with Gasteiger partial charge in [0.15, 0.2) is 0 Å². The third-order valence-corrected chi connectivity index (χ3v) is 5.61. The Balaban J connectivity index is 1.85. The second-order valence-corrected chi connectivity index (χ2v) is 7.98. The lowest BCUT2D eigenvalue weighted by Crippen LogP contribution is -2.33. The van der Waals surface area contributed by atoms with Crippen molar-refractivity contribution in [1.29, 1.82) is 0 Å². The topological polar surface area (TPSA) is 34.2 Å². The van der Waals surface area contributed by atoms with Crippen LogP contribution < -0.4 is 5.32 Å². The first-order chi connectivity index (χ1) is 9.59. The predicted molar refractivity (Wildman–Crippen MR) is 83.2 cm³/mol. The summed E-state index contributed by atoms with van der Waals surface area (Å²) in [6.07, 6.45) is 6.09. The summed E-state index contributed by atoms with van der Waals surface area (Å²) < 4.78 is 5.81. The molecule has 0 spiro atoms. The van der Waals surface area contributed by atoms with E-state index >= 15 is 0 Å². The zero-order chi connectivity index (χ0) is 14.2. The van der Waals surface area contributed by atoms with E-state index in [0.29, 0.717) is 11.5 Å². The molecule has 112 valence electrons. The van der Waals surface area contributed by atoms with E-state index in [4.69, 9.17) is 9.72 Å². The highest BCUT2D eigenvalue weighted by Crippen LogP contribution is 2.45. The number of rotatable bonds is 4. The highest BCUT2D eigenvalue weighted by atomic mass is 32.1. The molecule has 4 heteroatoms. The average molecular weight is 294 g/mol. The summed E-state index contributed by atoms with van der Waals surface area (Å²) in [5, 5.41) is 4.93. The molecule has 0 amide bonds. The van der Waals surface area contributed by atoms with Crippen LogP contribution in [0, 0.1) is 5.41 Å². The lowest BCUT2D eigenvalue weighted by molar-refractivity contribution is 0.111. The quantitative estimate of drug-likeness (QED) is 0.911. The number of nitrogens with zero attached hydrogens (tertiary/aromatic N) is 1. The molecule has 1 aromatic rings. The summed E-state index contributed by atoms with van der Waals surface area (Å²) in [6, 6.07) is 0.487. The molecular weight excluding hydrogens is 268 g/mol. The molecular formula is C16H26N2OS. The number of hydrogen-bond donors (Lipinski definition) is 1. The molecule has 2 atom stereocenters. The van der Waals surface area contributed by atoms with Crippen LogP contribution in [0.4, 0.5) is 0 Å². The van der Waals surface area contributed by atoms with Crippen molar-refractivity contribution in [1.82, 2.24) is 10.3 Å². The van der Waals surface area contributed by atoms with Gasteiger partial charge in [-0.25, -0.2) is 4.98 Å².